The number of carbonyl (C=O) groups excluding carboxylic acids is 1. The van der Waals surface area contributed by atoms with E-state index >= 15 is 0 Å². The highest BCUT2D eigenvalue weighted by Gasteiger charge is 2.26. The molecule has 1 saturated heterocycles. The molecule has 0 aromatic heterocycles. The van der Waals surface area contributed by atoms with E-state index in [-0.39, 0.29) is 12.1 Å². The number of nitrogens with zero attached hydrogens (tertiary/aromatic N) is 2. The highest BCUT2D eigenvalue weighted by molar-refractivity contribution is 6.30. The molecule has 26 heavy (non-hydrogen) atoms. The fourth-order valence-corrected chi connectivity index (χ4v) is 3.59. The van der Waals surface area contributed by atoms with Crippen LogP contribution >= 0.6 is 11.6 Å². The zero-order valence-electron chi connectivity index (χ0n) is 15.4. The van der Waals surface area contributed by atoms with Gasteiger partial charge in [-0.05, 0) is 50.2 Å². The normalized spacial score (nSPS) is 16.5. The van der Waals surface area contributed by atoms with Crippen molar-refractivity contribution in [3.63, 3.8) is 0 Å². The van der Waals surface area contributed by atoms with Crippen LogP contribution in [0.5, 0.6) is 0 Å². The van der Waals surface area contributed by atoms with Gasteiger partial charge in [0.05, 0.1) is 6.04 Å². The molecule has 0 radical (unpaired) electrons. The third-order valence-electron chi connectivity index (χ3n) is 5.09. The maximum atomic E-state index is 12.9. The number of hydrogen-bond acceptors (Lipinski definition) is 2. The Morgan fingerprint density at radius 3 is 2.19 bits per heavy atom. The number of benzene rings is 2. The van der Waals surface area contributed by atoms with Crippen LogP contribution in [0.1, 0.15) is 30.0 Å². The Balaban J connectivity index is 1.74. The summed E-state index contributed by atoms with van der Waals surface area (Å²) in [5.74, 6) is 0. The maximum absolute atomic E-state index is 12.9. The van der Waals surface area contributed by atoms with Crippen molar-refractivity contribution in [3.05, 3.63) is 70.7 Å². The topological polar surface area (TPSA) is 35.6 Å². The summed E-state index contributed by atoms with van der Waals surface area (Å²) in [4.78, 5) is 17.0. The Morgan fingerprint density at radius 2 is 1.62 bits per heavy atom. The SMILES string of the molecule is CN(C)C1CCN(C(=O)N[C@@H](c2ccccc2)c2ccc(Cl)cc2)CC1. The summed E-state index contributed by atoms with van der Waals surface area (Å²) in [6.45, 7) is 1.58. The van der Waals surface area contributed by atoms with Crippen LogP contribution in [0, 0.1) is 0 Å². The third kappa shape index (κ3) is 4.57. The molecule has 1 aliphatic rings. The van der Waals surface area contributed by atoms with Crippen LogP contribution in [0.3, 0.4) is 0 Å². The van der Waals surface area contributed by atoms with Gasteiger partial charge in [-0.15, -0.1) is 0 Å². The summed E-state index contributed by atoms with van der Waals surface area (Å²) in [6.07, 6.45) is 2.02. The molecule has 1 N–H and O–H groups in total. The monoisotopic (exact) mass is 371 g/mol. The Bertz CT molecular complexity index is 710. The molecule has 5 heteroatoms. The predicted molar refractivity (Wildman–Crippen MR) is 107 cm³/mol. The molecule has 0 unspecified atom stereocenters. The molecule has 4 nitrogen and oxygen atoms in total. The van der Waals surface area contributed by atoms with E-state index in [2.05, 4.69) is 24.3 Å². The first-order valence-corrected chi connectivity index (χ1v) is 9.44. The molecule has 1 heterocycles. The van der Waals surface area contributed by atoms with Gasteiger partial charge in [0, 0.05) is 24.2 Å². The lowest BCUT2D eigenvalue weighted by molar-refractivity contribution is 0.147. The van der Waals surface area contributed by atoms with E-state index in [0.29, 0.717) is 11.1 Å². The Kier molecular flexibility index (Phi) is 6.17. The first-order valence-electron chi connectivity index (χ1n) is 9.07. The molecule has 1 fully saturated rings. The number of amides is 2. The second-order valence-electron chi connectivity index (χ2n) is 7.03. The minimum absolute atomic E-state index is 0.00832. The van der Waals surface area contributed by atoms with Crippen LogP contribution in [0.15, 0.2) is 54.6 Å². The molecule has 0 aliphatic carbocycles. The summed E-state index contributed by atoms with van der Waals surface area (Å²) in [5.41, 5.74) is 2.09. The largest absolute Gasteiger partial charge is 0.327 e. The zero-order valence-corrected chi connectivity index (χ0v) is 16.1. The number of piperidine rings is 1. The molecule has 2 aromatic carbocycles. The van der Waals surface area contributed by atoms with Gasteiger partial charge in [0.1, 0.15) is 0 Å². The fourth-order valence-electron chi connectivity index (χ4n) is 3.46. The lowest BCUT2D eigenvalue weighted by atomic mass is 9.98. The lowest BCUT2D eigenvalue weighted by Gasteiger charge is -2.36. The zero-order chi connectivity index (χ0) is 18.5. The quantitative estimate of drug-likeness (QED) is 0.875. The summed E-state index contributed by atoms with van der Waals surface area (Å²) >= 11 is 6.03. The highest BCUT2D eigenvalue weighted by atomic mass is 35.5. The van der Waals surface area contributed by atoms with Crippen LogP contribution < -0.4 is 5.32 Å². The Hall–Kier alpha value is -2.04. The van der Waals surface area contributed by atoms with Gasteiger partial charge in [-0.2, -0.15) is 0 Å². The van der Waals surface area contributed by atoms with Gasteiger partial charge in [0.2, 0.25) is 0 Å². The minimum Gasteiger partial charge on any atom is -0.327 e. The van der Waals surface area contributed by atoms with Gasteiger partial charge in [-0.25, -0.2) is 4.79 Å². The standard InChI is InChI=1S/C21H26ClN3O/c1-24(2)19-12-14-25(15-13-19)21(26)23-20(16-6-4-3-5-7-16)17-8-10-18(22)11-9-17/h3-11,19-20H,12-15H2,1-2H3,(H,23,26)/t20-/m0/s1. The van der Waals surface area contributed by atoms with Gasteiger partial charge >= 0.3 is 6.03 Å². The summed E-state index contributed by atoms with van der Waals surface area (Å²) < 4.78 is 0. The highest BCUT2D eigenvalue weighted by Crippen LogP contribution is 2.24. The fraction of sp³-hybridized carbons (Fsp3) is 0.381. The maximum Gasteiger partial charge on any atom is 0.318 e. The van der Waals surface area contributed by atoms with Crippen molar-refractivity contribution < 1.29 is 4.79 Å². The van der Waals surface area contributed by atoms with E-state index in [1.807, 2.05) is 59.5 Å². The molecule has 2 aromatic rings. The summed E-state index contributed by atoms with van der Waals surface area (Å²) in [7, 11) is 4.21. The van der Waals surface area contributed by atoms with Crippen molar-refractivity contribution in [2.75, 3.05) is 27.2 Å². The molecule has 1 aliphatic heterocycles. The van der Waals surface area contributed by atoms with Crippen molar-refractivity contribution >= 4 is 17.6 Å². The van der Waals surface area contributed by atoms with Gasteiger partial charge in [0.25, 0.3) is 0 Å². The summed E-state index contributed by atoms with van der Waals surface area (Å²) in [5, 5.41) is 3.91. The molecule has 2 amide bonds. The Morgan fingerprint density at radius 1 is 1.04 bits per heavy atom. The van der Waals surface area contributed by atoms with Crippen LogP contribution in [0.4, 0.5) is 4.79 Å². The molecule has 0 spiro atoms. The van der Waals surface area contributed by atoms with Crippen LogP contribution in [-0.4, -0.2) is 49.1 Å². The van der Waals surface area contributed by atoms with E-state index in [4.69, 9.17) is 11.6 Å². The lowest BCUT2D eigenvalue weighted by Crippen LogP contribution is -2.48. The Labute approximate surface area is 160 Å². The number of nitrogens with one attached hydrogen (secondary N) is 1. The number of rotatable bonds is 4. The third-order valence-corrected chi connectivity index (χ3v) is 5.34. The molecule has 1 atom stereocenters. The molecular weight excluding hydrogens is 346 g/mol. The van der Waals surface area contributed by atoms with E-state index < -0.39 is 0 Å². The first-order chi connectivity index (χ1) is 12.5. The van der Waals surface area contributed by atoms with Crippen LogP contribution in [0.2, 0.25) is 5.02 Å². The van der Waals surface area contributed by atoms with Gasteiger partial charge in [0.15, 0.2) is 0 Å². The molecule has 0 bridgehead atoms. The van der Waals surface area contributed by atoms with Crippen LogP contribution in [-0.2, 0) is 0 Å². The number of carbonyl (C=O) groups is 1. The number of likely N-dealkylation sites (tertiary alicyclic amines) is 1. The number of hydrogen-bond donors (Lipinski definition) is 1. The second kappa shape index (κ2) is 8.56. The number of halogens is 1. The first kappa shape index (κ1) is 18.7. The van der Waals surface area contributed by atoms with Crippen molar-refractivity contribution in [3.8, 4) is 0 Å². The second-order valence-corrected chi connectivity index (χ2v) is 7.46. The van der Waals surface area contributed by atoms with E-state index in [9.17, 15) is 4.79 Å². The van der Waals surface area contributed by atoms with E-state index in [1.165, 1.54) is 0 Å². The van der Waals surface area contributed by atoms with E-state index in [0.717, 1.165) is 37.1 Å². The van der Waals surface area contributed by atoms with Gasteiger partial charge in [-0.1, -0.05) is 54.1 Å². The minimum atomic E-state index is -0.187. The van der Waals surface area contributed by atoms with Crippen molar-refractivity contribution in [2.45, 2.75) is 24.9 Å². The molecule has 3 rings (SSSR count). The predicted octanol–water partition coefficient (Wildman–Crippen LogP) is 4.17. The smallest absolute Gasteiger partial charge is 0.318 e. The average molecular weight is 372 g/mol. The van der Waals surface area contributed by atoms with Gasteiger partial charge in [-0.3, -0.25) is 0 Å². The van der Waals surface area contributed by atoms with Crippen molar-refractivity contribution in [1.29, 1.82) is 0 Å². The molecular formula is C21H26ClN3O. The van der Waals surface area contributed by atoms with Gasteiger partial charge < -0.3 is 15.1 Å². The number of urea groups is 1. The molecule has 0 saturated carbocycles. The van der Waals surface area contributed by atoms with Crippen LogP contribution in [0.25, 0.3) is 0 Å². The average Bonchev–Trinajstić information content (AvgIpc) is 2.67. The van der Waals surface area contributed by atoms with E-state index in [1.54, 1.807) is 0 Å². The molecule has 138 valence electrons. The summed E-state index contributed by atoms with van der Waals surface area (Å²) in [6, 6.07) is 18.1. The van der Waals surface area contributed by atoms with Crippen molar-refractivity contribution in [1.82, 2.24) is 15.1 Å². The van der Waals surface area contributed by atoms with Crippen molar-refractivity contribution in [2.24, 2.45) is 0 Å².